The fourth-order valence-electron chi connectivity index (χ4n) is 0.727. The van der Waals surface area contributed by atoms with Gasteiger partial charge in [-0.2, -0.15) is 7.85 Å². The van der Waals surface area contributed by atoms with Gasteiger partial charge in [-0.15, -0.1) is 0 Å². The molecule has 1 amide bonds. The summed E-state index contributed by atoms with van der Waals surface area (Å²) in [5.41, 5.74) is 6.81. The van der Waals surface area contributed by atoms with Crippen molar-refractivity contribution in [1.29, 1.82) is 0 Å². The van der Waals surface area contributed by atoms with Crippen molar-refractivity contribution < 1.29 is 25.9 Å². The summed E-state index contributed by atoms with van der Waals surface area (Å²) in [5.74, 6) is -0.324. The summed E-state index contributed by atoms with van der Waals surface area (Å²) >= 11 is 0. The monoisotopic (exact) mass is 388 g/mol. The van der Waals surface area contributed by atoms with Gasteiger partial charge in [-0.05, 0) is 24.3 Å². The molecule has 0 unspecified atom stereocenters. The van der Waals surface area contributed by atoms with E-state index in [1.807, 2.05) is 13.8 Å². The van der Waals surface area contributed by atoms with Crippen molar-refractivity contribution >= 4 is 25.1 Å². The largest absolute Gasteiger partial charge is 2.00 e. The molecule has 0 saturated carbocycles. The van der Waals surface area contributed by atoms with Crippen molar-refractivity contribution in [2.75, 3.05) is 11.1 Å². The van der Waals surface area contributed by atoms with Crippen molar-refractivity contribution in [3.05, 3.63) is 38.0 Å². The molecule has 0 aliphatic heterocycles. The first-order valence-electron chi connectivity index (χ1n) is 4.58. The summed E-state index contributed by atoms with van der Waals surface area (Å²) in [5, 5.41) is 2.53. The molecule has 3 N–H and O–H groups in total. The van der Waals surface area contributed by atoms with Crippen LogP contribution >= 0.6 is 0 Å². The second kappa shape index (κ2) is 14.1. The van der Waals surface area contributed by atoms with Crippen molar-refractivity contribution in [2.45, 2.75) is 13.8 Å². The quantitative estimate of drug-likeness (QED) is 0.440. The van der Waals surface area contributed by atoms with Crippen LogP contribution in [0.5, 0.6) is 0 Å². The standard InChI is InChI=1S/C8H9N2O.C2H6.CH2B.W/c1-6(11)10-8-4-2-7(9)3-5-8;2*1-2;/h2-5H,1,9H2,(H,10,11);1-2H3;1H2;/q-1;;-1;+2. The fourth-order valence-corrected chi connectivity index (χ4v) is 0.727. The SMILES string of the molecule is CC.[B][CH2-].[CH2-]C(=O)Nc1ccc(N)cc1.[W+2]. The average Bonchev–Trinajstić information content (AvgIpc) is 2.27. The summed E-state index contributed by atoms with van der Waals surface area (Å²) in [7, 11) is 4.25. The van der Waals surface area contributed by atoms with Gasteiger partial charge in [0.15, 0.2) is 0 Å². The Hall–Kier alpha value is -0.887. The third-order valence-corrected chi connectivity index (χ3v) is 1.19. The maximum atomic E-state index is 10.4. The molecule has 0 aliphatic rings. The van der Waals surface area contributed by atoms with Crippen LogP contribution in [0.2, 0.25) is 0 Å². The number of nitrogen functional groups attached to an aromatic ring is 1. The van der Waals surface area contributed by atoms with E-state index in [0.29, 0.717) is 11.4 Å². The smallest absolute Gasteiger partial charge is 0.399 e. The molecular formula is C11H17BN2OW. The molecule has 86 valence electrons. The zero-order valence-corrected chi connectivity index (χ0v) is 12.6. The molecule has 0 aliphatic carbocycles. The molecule has 0 saturated heterocycles. The van der Waals surface area contributed by atoms with E-state index < -0.39 is 0 Å². The number of anilines is 2. The molecule has 0 bridgehead atoms. The molecule has 0 spiro atoms. The normalized spacial score (nSPS) is 6.94. The summed E-state index contributed by atoms with van der Waals surface area (Å²) in [6.45, 7) is 9.92. The van der Waals surface area contributed by atoms with Gasteiger partial charge < -0.3 is 29.6 Å². The number of rotatable bonds is 1. The molecule has 0 aromatic heterocycles. The molecule has 16 heavy (non-hydrogen) atoms. The Kier molecular flexibility index (Phi) is 18.1. The van der Waals surface area contributed by atoms with E-state index in [9.17, 15) is 4.79 Å². The second-order valence-electron chi connectivity index (χ2n) is 2.17. The third kappa shape index (κ3) is 11.2. The van der Waals surface area contributed by atoms with Crippen LogP contribution in [0.1, 0.15) is 13.8 Å². The van der Waals surface area contributed by atoms with Gasteiger partial charge in [-0.1, -0.05) is 13.8 Å². The van der Waals surface area contributed by atoms with Crippen molar-refractivity contribution in [3.63, 3.8) is 0 Å². The number of carbonyl (C=O) groups excluding carboxylic acids is 1. The predicted octanol–water partition coefficient (Wildman–Crippen LogP) is 2.01. The Morgan fingerprint density at radius 3 is 1.94 bits per heavy atom. The average molecular weight is 388 g/mol. The summed E-state index contributed by atoms with van der Waals surface area (Å²) < 4.78 is 0. The fraction of sp³-hybridized carbons (Fsp3) is 0.182. The Bertz CT molecular complexity index is 265. The van der Waals surface area contributed by atoms with E-state index in [4.69, 9.17) is 5.73 Å². The predicted molar refractivity (Wildman–Crippen MR) is 67.3 cm³/mol. The van der Waals surface area contributed by atoms with Gasteiger partial charge in [-0.25, -0.2) is 0 Å². The van der Waals surface area contributed by atoms with Crippen molar-refractivity contribution in [2.24, 2.45) is 0 Å². The molecule has 5 heteroatoms. The van der Waals surface area contributed by atoms with Gasteiger partial charge in [0.05, 0.1) is 5.91 Å². The van der Waals surface area contributed by atoms with E-state index in [0.717, 1.165) is 0 Å². The van der Waals surface area contributed by atoms with Crippen LogP contribution in [0, 0.1) is 13.7 Å². The number of amides is 1. The van der Waals surface area contributed by atoms with Crippen LogP contribution in [0.4, 0.5) is 11.4 Å². The molecule has 0 fully saturated rings. The number of nitrogens with one attached hydrogen (secondary N) is 1. The molecule has 1 aromatic carbocycles. The van der Waals surface area contributed by atoms with Gasteiger partial charge in [0.2, 0.25) is 0 Å². The maximum Gasteiger partial charge on any atom is 2.00 e. The van der Waals surface area contributed by atoms with Gasteiger partial charge in [0.25, 0.3) is 0 Å². The molecule has 3 nitrogen and oxygen atoms in total. The van der Waals surface area contributed by atoms with Crippen molar-refractivity contribution in [1.82, 2.24) is 0 Å². The minimum atomic E-state index is -0.324. The molecular weight excluding hydrogens is 371 g/mol. The molecule has 0 atom stereocenters. The van der Waals surface area contributed by atoms with Gasteiger partial charge in [0, 0.05) is 11.4 Å². The van der Waals surface area contributed by atoms with Crippen LogP contribution in [-0.2, 0) is 25.9 Å². The second-order valence-corrected chi connectivity index (χ2v) is 2.17. The van der Waals surface area contributed by atoms with Crippen LogP contribution in [0.15, 0.2) is 24.3 Å². The zero-order chi connectivity index (χ0) is 12.3. The van der Waals surface area contributed by atoms with Crippen LogP contribution < -0.4 is 11.1 Å². The minimum absolute atomic E-state index is 0. The van der Waals surface area contributed by atoms with Crippen LogP contribution in [-0.4, -0.2) is 13.8 Å². The maximum absolute atomic E-state index is 10.4. The first kappa shape index (κ1) is 20.5. The number of benzene rings is 1. The number of nitrogens with two attached hydrogens (primary N) is 1. The summed E-state index contributed by atoms with van der Waals surface area (Å²) in [6.07, 6.45) is 0. The number of hydrogen-bond acceptors (Lipinski definition) is 2. The zero-order valence-electron chi connectivity index (χ0n) is 9.69. The Morgan fingerprint density at radius 1 is 1.25 bits per heavy atom. The summed E-state index contributed by atoms with van der Waals surface area (Å²) in [4.78, 5) is 10.4. The number of hydrogen-bond donors (Lipinski definition) is 2. The van der Waals surface area contributed by atoms with Crippen LogP contribution in [0.25, 0.3) is 0 Å². The summed E-state index contributed by atoms with van der Waals surface area (Å²) in [6, 6.07) is 6.87. The van der Waals surface area contributed by atoms with E-state index in [1.165, 1.54) is 0 Å². The molecule has 2 radical (unpaired) electrons. The van der Waals surface area contributed by atoms with Gasteiger partial charge in [0.1, 0.15) is 0 Å². The van der Waals surface area contributed by atoms with Gasteiger partial charge in [-0.3, -0.25) is 0 Å². The van der Waals surface area contributed by atoms with E-state index in [1.54, 1.807) is 24.3 Å². The minimum Gasteiger partial charge on any atom is -0.399 e. The van der Waals surface area contributed by atoms with E-state index in [-0.39, 0.29) is 27.0 Å². The topological polar surface area (TPSA) is 55.1 Å². The molecule has 0 heterocycles. The Morgan fingerprint density at radius 2 is 1.62 bits per heavy atom. The van der Waals surface area contributed by atoms with Crippen LogP contribution in [0.3, 0.4) is 0 Å². The van der Waals surface area contributed by atoms with Gasteiger partial charge >= 0.3 is 21.1 Å². The first-order valence-corrected chi connectivity index (χ1v) is 4.58. The Balaban J connectivity index is -0.000000305. The van der Waals surface area contributed by atoms with E-state index in [2.05, 4.69) is 26.9 Å². The third-order valence-electron chi connectivity index (χ3n) is 1.19. The number of carbonyl (C=O) groups is 1. The van der Waals surface area contributed by atoms with Crippen molar-refractivity contribution in [3.8, 4) is 0 Å². The first-order chi connectivity index (χ1) is 7.18. The Labute approximate surface area is 114 Å². The van der Waals surface area contributed by atoms with E-state index >= 15 is 0 Å². The molecule has 1 rings (SSSR count). The molecule has 1 aromatic rings.